The summed E-state index contributed by atoms with van der Waals surface area (Å²) in [7, 11) is -3.68. The van der Waals surface area contributed by atoms with Gasteiger partial charge in [-0.25, -0.2) is 8.42 Å². The molecule has 0 saturated heterocycles. The zero-order valence-electron chi connectivity index (χ0n) is 16.0. The summed E-state index contributed by atoms with van der Waals surface area (Å²) in [6, 6.07) is 13.0. The predicted octanol–water partition coefficient (Wildman–Crippen LogP) is 3.96. The lowest BCUT2D eigenvalue weighted by molar-refractivity contribution is -0.116. The van der Waals surface area contributed by atoms with Crippen LogP contribution >= 0.6 is 22.9 Å². The number of hydrogen-bond acceptors (Lipinski definition) is 6. The van der Waals surface area contributed by atoms with Gasteiger partial charge in [-0.05, 0) is 38.1 Å². The molecule has 0 saturated carbocycles. The summed E-state index contributed by atoms with van der Waals surface area (Å²) in [5, 5.41) is 12.2. The number of carbonyl (C=O) groups is 1. The van der Waals surface area contributed by atoms with Crippen LogP contribution in [0.2, 0.25) is 5.02 Å². The lowest BCUT2D eigenvalue weighted by atomic mass is 10.2. The van der Waals surface area contributed by atoms with E-state index in [1.807, 2.05) is 6.92 Å². The van der Waals surface area contributed by atoms with E-state index >= 15 is 0 Å². The van der Waals surface area contributed by atoms with Gasteiger partial charge in [-0.2, -0.15) is 0 Å². The van der Waals surface area contributed by atoms with Crippen molar-refractivity contribution in [1.29, 1.82) is 0 Å². The minimum atomic E-state index is -3.68. The van der Waals surface area contributed by atoms with Crippen molar-refractivity contribution in [2.45, 2.75) is 19.9 Å². The molecule has 0 spiro atoms. The van der Waals surface area contributed by atoms with Gasteiger partial charge >= 0.3 is 0 Å². The third-order valence-corrected chi connectivity index (χ3v) is 6.50. The molecule has 0 unspecified atom stereocenters. The molecule has 0 fully saturated rings. The predicted molar refractivity (Wildman–Crippen MR) is 117 cm³/mol. The quantitative estimate of drug-likeness (QED) is 0.613. The average molecular weight is 451 g/mol. The lowest BCUT2D eigenvalue weighted by Crippen LogP contribution is -2.45. The number of sulfonamides is 1. The van der Waals surface area contributed by atoms with Gasteiger partial charge in [0.05, 0.1) is 11.9 Å². The van der Waals surface area contributed by atoms with E-state index in [0.717, 1.165) is 21.7 Å². The topological polar surface area (TPSA) is 92.3 Å². The molecule has 1 N–H and O–H groups in total. The van der Waals surface area contributed by atoms with Crippen LogP contribution in [0, 0.1) is 6.92 Å². The van der Waals surface area contributed by atoms with E-state index in [4.69, 9.17) is 11.6 Å². The van der Waals surface area contributed by atoms with E-state index < -0.39 is 22.0 Å². The molecule has 0 radical (unpaired) electrons. The summed E-state index contributed by atoms with van der Waals surface area (Å²) in [5.41, 5.74) is 2.22. The number of aromatic nitrogens is 2. The largest absolute Gasteiger partial charge is 0.299 e. The van der Waals surface area contributed by atoms with Gasteiger partial charge in [0.25, 0.3) is 0 Å². The van der Waals surface area contributed by atoms with Crippen molar-refractivity contribution in [3.8, 4) is 10.6 Å². The van der Waals surface area contributed by atoms with Gasteiger partial charge in [0.1, 0.15) is 11.0 Å². The first-order chi connectivity index (χ1) is 13.6. The van der Waals surface area contributed by atoms with E-state index in [-0.39, 0.29) is 5.13 Å². The SMILES string of the molecule is Cc1ccc(N([C@@H](C)C(=O)Nc2nnc(-c3ccc(Cl)cc3)s2)S(C)(=O)=O)cc1. The standard InChI is InChI=1S/C19H19ClN4O3S2/c1-12-4-10-16(11-5-12)24(29(3,26)27)13(2)17(25)21-19-23-22-18(28-19)14-6-8-15(20)9-7-14/h4-11,13H,1-3H3,(H,21,23,25)/t13-/m0/s1. The molecule has 2 aromatic carbocycles. The monoisotopic (exact) mass is 450 g/mol. The summed E-state index contributed by atoms with van der Waals surface area (Å²) in [5.74, 6) is -0.505. The van der Waals surface area contributed by atoms with Crippen LogP contribution in [-0.4, -0.2) is 36.8 Å². The van der Waals surface area contributed by atoms with Crippen LogP contribution in [0.25, 0.3) is 10.6 Å². The molecular weight excluding hydrogens is 432 g/mol. The fourth-order valence-corrected chi connectivity index (χ4v) is 4.75. The molecule has 1 amide bonds. The maximum absolute atomic E-state index is 12.7. The van der Waals surface area contributed by atoms with E-state index in [0.29, 0.717) is 15.7 Å². The molecule has 3 rings (SSSR count). The first kappa shape index (κ1) is 21.2. The van der Waals surface area contributed by atoms with Crippen LogP contribution in [0.1, 0.15) is 12.5 Å². The number of benzene rings is 2. The Hall–Kier alpha value is -2.49. The lowest BCUT2D eigenvalue weighted by Gasteiger charge is -2.27. The maximum atomic E-state index is 12.7. The summed E-state index contributed by atoms with van der Waals surface area (Å²) >= 11 is 7.08. The van der Waals surface area contributed by atoms with E-state index in [9.17, 15) is 13.2 Å². The summed E-state index contributed by atoms with van der Waals surface area (Å²) in [6.45, 7) is 3.43. The van der Waals surface area contributed by atoms with Crippen LogP contribution in [0.3, 0.4) is 0 Å². The molecule has 0 aliphatic heterocycles. The number of nitrogens with zero attached hydrogens (tertiary/aromatic N) is 3. The number of halogens is 1. The Morgan fingerprint density at radius 1 is 1.10 bits per heavy atom. The van der Waals surface area contributed by atoms with Crippen LogP contribution in [-0.2, 0) is 14.8 Å². The molecule has 3 aromatic rings. The Balaban J connectivity index is 1.80. The van der Waals surface area contributed by atoms with Crippen molar-refractivity contribution in [1.82, 2.24) is 10.2 Å². The molecule has 1 atom stereocenters. The fourth-order valence-electron chi connectivity index (χ4n) is 2.69. The van der Waals surface area contributed by atoms with Crippen molar-refractivity contribution in [3.05, 3.63) is 59.1 Å². The van der Waals surface area contributed by atoms with Gasteiger partial charge in [0, 0.05) is 10.6 Å². The Morgan fingerprint density at radius 3 is 2.31 bits per heavy atom. The summed E-state index contributed by atoms with van der Waals surface area (Å²) in [4.78, 5) is 12.7. The second kappa shape index (κ2) is 8.48. The van der Waals surface area contributed by atoms with Crippen molar-refractivity contribution in [3.63, 3.8) is 0 Å². The highest BCUT2D eigenvalue weighted by atomic mass is 35.5. The van der Waals surface area contributed by atoms with E-state index in [1.54, 1.807) is 48.5 Å². The third-order valence-electron chi connectivity index (χ3n) is 4.12. The number of nitrogens with one attached hydrogen (secondary N) is 1. The van der Waals surface area contributed by atoms with Crippen LogP contribution in [0.5, 0.6) is 0 Å². The van der Waals surface area contributed by atoms with Crippen molar-refractivity contribution < 1.29 is 13.2 Å². The second-order valence-corrected chi connectivity index (χ2v) is 9.75. The molecule has 0 aliphatic rings. The molecular formula is C19H19ClN4O3S2. The van der Waals surface area contributed by atoms with Crippen LogP contribution < -0.4 is 9.62 Å². The molecule has 0 bridgehead atoms. The van der Waals surface area contributed by atoms with Crippen LogP contribution in [0.15, 0.2) is 48.5 Å². The average Bonchev–Trinajstić information content (AvgIpc) is 3.11. The number of carbonyl (C=O) groups excluding carboxylic acids is 1. The number of rotatable bonds is 6. The highest BCUT2D eigenvalue weighted by Crippen LogP contribution is 2.28. The van der Waals surface area contributed by atoms with Gasteiger partial charge < -0.3 is 0 Å². The van der Waals surface area contributed by atoms with Gasteiger partial charge in [0.15, 0.2) is 0 Å². The minimum absolute atomic E-state index is 0.282. The van der Waals surface area contributed by atoms with Crippen molar-refractivity contribution >= 4 is 49.7 Å². The zero-order chi connectivity index (χ0) is 21.2. The first-order valence-corrected chi connectivity index (χ1v) is 11.7. The molecule has 0 aliphatic carbocycles. The summed E-state index contributed by atoms with van der Waals surface area (Å²) < 4.78 is 25.8. The van der Waals surface area contributed by atoms with Gasteiger partial charge in [-0.3, -0.25) is 14.4 Å². The molecule has 152 valence electrons. The Morgan fingerprint density at radius 2 is 1.72 bits per heavy atom. The fraction of sp³-hybridized carbons (Fsp3) is 0.211. The van der Waals surface area contributed by atoms with Gasteiger partial charge in [0.2, 0.25) is 21.1 Å². The Bertz CT molecular complexity index is 1110. The molecule has 7 nitrogen and oxygen atoms in total. The van der Waals surface area contributed by atoms with Gasteiger partial charge in [-0.1, -0.05) is 52.8 Å². The Labute approximate surface area is 178 Å². The maximum Gasteiger partial charge on any atom is 0.249 e. The minimum Gasteiger partial charge on any atom is -0.299 e. The van der Waals surface area contributed by atoms with Crippen molar-refractivity contribution in [2.75, 3.05) is 15.9 Å². The van der Waals surface area contributed by atoms with Crippen LogP contribution in [0.4, 0.5) is 10.8 Å². The molecule has 29 heavy (non-hydrogen) atoms. The molecule has 1 aromatic heterocycles. The number of anilines is 2. The van der Waals surface area contributed by atoms with Crippen molar-refractivity contribution in [2.24, 2.45) is 0 Å². The van der Waals surface area contributed by atoms with E-state index in [1.165, 1.54) is 18.3 Å². The number of hydrogen-bond donors (Lipinski definition) is 1. The number of aryl methyl sites for hydroxylation is 1. The molecule has 10 heteroatoms. The van der Waals surface area contributed by atoms with Gasteiger partial charge in [-0.15, -0.1) is 10.2 Å². The summed E-state index contributed by atoms with van der Waals surface area (Å²) in [6.07, 6.45) is 1.07. The highest BCUT2D eigenvalue weighted by molar-refractivity contribution is 7.92. The third kappa shape index (κ3) is 5.11. The first-order valence-electron chi connectivity index (χ1n) is 8.61. The zero-order valence-corrected chi connectivity index (χ0v) is 18.3. The normalized spacial score (nSPS) is 12.4. The molecule has 1 heterocycles. The highest BCUT2D eigenvalue weighted by Gasteiger charge is 2.29. The number of amides is 1. The van der Waals surface area contributed by atoms with E-state index in [2.05, 4.69) is 15.5 Å². The second-order valence-electron chi connectivity index (χ2n) is 6.48. The Kier molecular flexibility index (Phi) is 6.21. The smallest absolute Gasteiger partial charge is 0.249 e.